The van der Waals surface area contributed by atoms with Gasteiger partial charge in [-0.1, -0.05) is 102 Å². The fraction of sp³-hybridized carbons (Fsp3) is 0.257. The van der Waals surface area contributed by atoms with Gasteiger partial charge in [-0.15, -0.1) is 0 Å². The number of carbonyl (C=O) groups is 2. The molecule has 5 rings (SSSR count). The predicted octanol–water partition coefficient (Wildman–Crippen LogP) is 8.19. The van der Waals surface area contributed by atoms with Gasteiger partial charge in [-0.3, -0.25) is 13.9 Å². The molecule has 1 aliphatic rings. The zero-order valence-corrected chi connectivity index (χ0v) is 29.1. The van der Waals surface area contributed by atoms with Gasteiger partial charge in [0.15, 0.2) is 0 Å². The summed E-state index contributed by atoms with van der Waals surface area (Å²) in [5, 5.41) is 4.52. The van der Waals surface area contributed by atoms with Crippen LogP contribution in [0.4, 0.5) is 5.69 Å². The molecule has 1 N–H and O–H groups in total. The minimum Gasteiger partial charge on any atom is -0.352 e. The highest BCUT2D eigenvalue weighted by atomic mass is 35.5. The first-order valence-corrected chi connectivity index (χ1v) is 18.1. The molecular weight excluding hydrogens is 700 g/mol. The summed E-state index contributed by atoms with van der Waals surface area (Å²) in [5.41, 5.74) is 1.56. The van der Waals surface area contributed by atoms with E-state index in [9.17, 15) is 18.0 Å². The highest BCUT2D eigenvalue weighted by Gasteiger charge is 2.36. The van der Waals surface area contributed by atoms with Gasteiger partial charge in [0.2, 0.25) is 11.8 Å². The number of sulfonamides is 1. The van der Waals surface area contributed by atoms with Gasteiger partial charge in [0.1, 0.15) is 12.6 Å². The van der Waals surface area contributed by atoms with E-state index < -0.39 is 28.5 Å². The van der Waals surface area contributed by atoms with Crippen LogP contribution in [0.15, 0.2) is 102 Å². The van der Waals surface area contributed by atoms with Crippen molar-refractivity contribution in [3.63, 3.8) is 0 Å². The van der Waals surface area contributed by atoms with Gasteiger partial charge in [0.25, 0.3) is 10.0 Å². The number of benzene rings is 4. The monoisotopic (exact) mass is 731 g/mol. The summed E-state index contributed by atoms with van der Waals surface area (Å²) >= 11 is 25.1. The van der Waals surface area contributed by atoms with E-state index in [-0.39, 0.29) is 40.5 Å². The van der Waals surface area contributed by atoms with E-state index in [4.69, 9.17) is 46.4 Å². The third-order valence-corrected chi connectivity index (χ3v) is 11.0. The van der Waals surface area contributed by atoms with Crippen molar-refractivity contribution in [3.05, 3.63) is 128 Å². The first-order chi connectivity index (χ1) is 22.5. The smallest absolute Gasteiger partial charge is 0.264 e. The van der Waals surface area contributed by atoms with Gasteiger partial charge in [-0.05, 0) is 78.6 Å². The Labute approximate surface area is 295 Å². The summed E-state index contributed by atoms with van der Waals surface area (Å²) in [6.07, 6.45) is 3.91. The third-order valence-electron chi connectivity index (χ3n) is 8.11. The molecule has 1 atom stereocenters. The molecule has 0 bridgehead atoms. The molecule has 7 nitrogen and oxygen atoms in total. The molecule has 2 amide bonds. The summed E-state index contributed by atoms with van der Waals surface area (Å²) in [4.78, 5) is 30.1. The Morgan fingerprint density at radius 3 is 2.11 bits per heavy atom. The summed E-state index contributed by atoms with van der Waals surface area (Å²) in [6, 6.07) is 25.2. The van der Waals surface area contributed by atoms with Crippen LogP contribution in [0.5, 0.6) is 0 Å². The number of nitrogens with one attached hydrogen (secondary N) is 1. The third kappa shape index (κ3) is 9.00. The SMILES string of the molecule is O=C(NC1CCCC1)[C@@H](Cc1ccccc1)N(Cc1ccc(Cl)cc1Cl)C(=O)CN(c1cccc(Cl)c1)S(=O)(=O)c1ccc(Cl)cc1. The standard InChI is InChI=1S/C35H33Cl4N3O4S/c36-26-15-17-31(18-16-26)47(45,46)42(30-12-6-9-27(37)20-30)23-34(43)41(22-25-13-14-28(38)21-32(25)39)33(19-24-7-2-1-3-8-24)35(44)40-29-10-4-5-11-29/h1-3,6-9,12-18,20-21,29,33H,4-5,10-11,19,22-23H2,(H,40,44)/t33-/m1/s1. The molecule has 0 saturated heterocycles. The Morgan fingerprint density at radius 1 is 0.787 bits per heavy atom. The molecule has 0 spiro atoms. The van der Waals surface area contributed by atoms with Crippen LogP contribution < -0.4 is 9.62 Å². The van der Waals surface area contributed by atoms with Crippen molar-refractivity contribution in [3.8, 4) is 0 Å². The number of halogens is 4. The fourth-order valence-corrected chi connectivity index (χ4v) is 7.83. The minimum absolute atomic E-state index is 0.00918. The molecule has 1 saturated carbocycles. The van der Waals surface area contributed by atoms with Crippen LogP contribution in [0.25, 0.3) is 0 Å². The van der Waals surface area contributed by atoms with Crippen molar-refractivity contribution in [2.24, 2.45) is 0 Å². The maximum Gasteiger partial charge on any atom is 0.264 e. The van der Waals surface area contributed by atoms with Crippen molar-refractivity contribution in [1.29, 1.82) is 0 Å². The molecule has 47 heavy (non-hydrogen) atoms. The van der Waals surface area contributed by atoms with Crippen LogP contribution in [-0.2, 0) is 32.6 Å². The topological polar surface area (TPSA) is 86.8 Å². The number of hydrogen-bond acceptors (Lipinski definition) is 4. The molecule has 1 aliphatic carbocycles. The number of anilines is 1. The summed E-state index contributed by atoms with van der Waals surface area (Å²) in [7, 11) is -4.30. The second-order valence-corrected chi connectivity index (χ2v) is 15.0. The molecule has 0 radical (unpaired) electrons. The largest absolute Gasteiger partial charge is 0.352 e. The average molecular weight is 734 g/mol. The van der Waals surface area contributed by atoms with Crippen LogP contribution in [0.1, 0.15) is 36.8 Å². The summed E-state index contributed by atoms with van der Waals surface area (Å²) in [5.74, 6) is -0.940. The van der Waals surface area contributed by atoms with E-state index in [0.29, 0.717) is 20.6 Å². The maximum absolute atomic E-state index is 14.6. The van der Waals surface area contributed by atoms with Gasteiger partial charge < -0.3 is 10.2 Å². The maximum atomic E-state index is 14.6. The number of hydrogen-bond donors (Lipinski definition) is 1. The Bertz CT molecular complexity index is 1820. The van der Waals surface area contributed by atoms with Crippen molar-refractivity contribution in [1.82, 2.24) is 10.2 Å². The van der Waals surface area contributed by atoms with Crippen molar-refractivity contribution >= 4 is 73.9 Å². The number of rotatable bonds is 12. The molecule has 0 aliphatic heterocycles. The van der Waals surface area contributed by atoms with Gasteiger partial charge in [-0.2, -0.15) is 0 Å². The zero-order chi connectivity index (χ0) is 33.6. The minimum atomic E-state index is -4.30. The normalized spacial score (nSPS) is 14.0. The summed E-state index contributed by atoms with van der Waals surface area (Å²) < 4.78 is 29.3. The Morgan fingerprint density at radius 2 is 1.45 bits per heavy atom. The lowest BCUT2D eigenvalue weighted by Gasteiger charge is -2.34. The van der Waals surface area contributed by atoms with Gasteiger partial charge >= 0.3 is 0 Å². The van der Waals surface area contributed by atoms with Gasteiger partial charge in [0.05, 0.1) is 10.6 Å². The zero-order valence-electron chi connectivity index (χ0n) is 25.3. The lowest BCUT2D eigenvalue weighted by Crippen LogP contribution is -2.54. The van der Waals surface area contributed by atoms with E-state index in [2.05, 4.69) is 5.32 Å². The molecule has 0 unspecified atom stereocenters. The van der Waals surface area contributed by atoms with E-state index in [0.717, 1.165) is 35.6 Å². The van der Waals surface area contributed by atoms with E-state index in [1.54, 1.807) is 36.4 Å². The second kappa shape index (κ2) is 15.8. The van der Waals surface area contributed by atoms with Gasteiger partial charge in [-0.25, -0.2) is 8.42 Å². The lowest BCUT2D eigenvalue weighted by molar-refractivity contribution is -0.140. The van der Waals surface area contributed by atoms with Crippen LogP contribution in [-0.4, -0.2) is 43.8 Å². The first-order valence-electron chi connectivity index (χ1n) is 15.1. The molecule has 246 valence electrons. The number of amides is 2. The molecule has 0 heterocycles. The van der Waals surface area contributed by atoms with Gasteiger partial charge in [0, 0.05) is 39.1 Å². The van der Waals surface area contributed by atoms with Crippen LogP contribution >= 0.6 is 46.4 Å². The first kappa shape index (κ1) is 35.0. The average Bonchev–Trinajstić information content (AvgIpc) is 3.56. The molecular formula is C35H33Cl4N3O4S. The van der Waals surface area contributed by atoms with Crippen LogP contribution in [0.2, 0.25) is 20.1 Å². The highest BCUT2D eigenvalue weighted by molar-refractivity contribution is 7.92. The number of carbonyl (C=O) groups excluding carboxylic acids is 2. The Hall–Kier alpha value is -3.27. The molecule has 12 heteroatoms. The van der Waals surface area contributed by atoms with Crippen LogP contribution in [0.3, 0.4) is 0 Å². The van der Waals surface area contributed by atoms with Crippen molar-refractivity contribution < 1.29 is 18.0 Å². The fourth-order valence-electron chi connectivity index (χ4n) is 5.65. The Kier molecular flexibility index (Phi) is 11.7. The van der Waals surface area contributed by atoms with E-state index in [1.807, 2.05) is 30.3 Å². The molecule has 0 aromatic heterocycles. The molecule has 1 fully saturated rings. The highest BCUT2D eigenvalue weighted by Crippen LogP contribution is 2.29. The second-order valence-electron chi connectivity index (χ2n) is 11.4. The van der Waals surface area contributed by atoms with E-state index in [1.165, 1.54) is 35.2 Å². The summed E-state index contributed by atoms with van der Waals surface area (Å²) in [6.45, 7) is -0.701. The predicted molar refractivity (Wildman–Crippen MR) is 189 cm³/mol. The lowest BCUT2D eigenvalue weighted by atomic mass is 10.0. The van der Waals surface area contributed by atoms with Crippen LogP contribution in [0, 0.1) is 0 Å². The quantitative estimate of drug-likeness (QED) is 0.159. The Balaban J connectivity index is 1.58. The number of nitrogens with zero attached hydrogens (tertiary/aromatic N) is 2. The van der Waals surface area contributed by atoms with Crippen molar-refractivity contribution in [2.45, 2.75) is 55.6 Å². The molecule has 4 aromatic rings. The van der Waals surface area contributed by atoms with Crippen molar-refractivity contribution in [2.75, 3.05) is 10.8 Å². The molecule has 4 aromatic carbocycles. The van der Waals surface area contributed by atoms with E-state index >= 15 is 0 Å².